The molecule has 6 nitrogen and oxygen atoms in total. The highest BCUT2D eigenvalue weighted by Gasteiger charge is 2.62. The molecule has 1 spiro atoms. The summed E-state index contributed by atoms with van der Waals surface area (Å²) in [6, 6.07) is 12.6. The first kappa shape index (κ1) is 23.2. The van der Waals surface area contributed by atoms with Gasteiger partial charge in [-0.1, -0.05) is 48.5 Å². The van der Waals surface area contributed by atoms with E-state index in [1.807, 2.05) is 30.3 Å². The van der Waals surface area contributed by atoms with Crippen molar-refractivity contribution in [2.24, 2.45) is 5.41 Å². The second-order valence-electron chi connectivity index (χ2n) is 9.85. The first-order valence-corrected chi connectivity index (χ1v) is 13.5. The molecule has 1 saturated carbocycles. The molecule has 1 aliphatic carbocycles. The van der Waals surface area contributed by atoms with Crippen molar-refractivity contribution >= 4 is 16.1 Å². The lowest BCUT2D eigenvalue weighted by Crippen LogP contribution is -2.59. The maximum Gasteiger partial charge on any atom is 0.320 e. The molecule has 182 valence electrons. The van der Waals surface area contributed by atoms with Crippen molar-refractivity contribution in [2.75, 3.05) is 26.0 Å². The number of amides is 2. The van der Waals surface area contributed by atoms with E-state index in [1.165, 1.54) is 4.90 Å². The molecule has 2 aromatic rings. The molecule has 0 aromatic heterocycles. The fourth-order valence-electron chi connectivity index (χ4n) is 5.47. The van der Waals surface area contributed by atoms with Crippen LogP contribution >= 0.6 is 0 Å². The summed E-state index contributed by atoms with van der Waals surface area (Å²) in [6.07, 6.45) is 3.47. The van der Waals surface area contributed by atoms with Crippen LogP contribution in [0.5, 0.6) is 0 Å². The maximum atomic E-state index is 15.7. The zero-order chi connectivity index (χ0) is 24.1. The monoisotopic (exact) mass is 489 g/mol. The summed E-state index contributed by atoms with van der Waals surface area (Å²) < 4.78 is 56.2. The van der Waals surface area contributed by atoms with Gasteiger partial charge >= 0.3 is 6.03 Å². The lowest BCUT2D eigenvalue weighted by Gasteiger charge is -2.43. The van der Waals surface area contributed by atoms with E-state index < -0.39 is 34.8 Å². The Kier molecular flexibility index (Phi) is 5.88. The normalized spacial score (nSPS) is 25.4. The number of alkyl halides is 1. The number of likely N-dealkylation sites (tertiary alicyclic amines) is 2. The number of nitrogens with one attached hydrogen (secondary N) is 1. The number of carbonyl (C=O) groups excluding carboxylic acids is 1. The number of urea groups is 1. The van der Waals surface area contributed by atoms with E-state index in [0.717, 1.165) is 24.7 Å². The average Bonchev–Trinajstić information content (AvgIpc) is 3.50. The summed E-state index contributed by atoms with van der Waals surface area (Å²) in [4.78, 5) is 16.6. The Morgan fingerprint density at radius 2 is 1.85 bits per heavy atom. The molecule has 3 aliphatic rings. The van der Waals surface area contributed by atoms with E-state index in [-0.39, 0.29) is 23.7 Å². The van der Waals surface area contributed by atoms with Gasteiger partial charge in [-0.3, -0.25) is 0 Å². The van der Waals surface area contributed by atoms with Crippen molar-refractivity contribution in [3.8, 4) is 11.1 Å². The van der Waals surface area contributed by atoms with E-state index in [1.54, 1.807) is 23.1 Å². The molecule has 34 heavy (non-hydrogen) atoms. The number of carbonyl (C=O) groups is 1. The van der Waals surface area contributed by atoms with Crippen molar-refractivity contribution < 1.29 is 22.0 Å². The van der Waals surface area contributed by atoms with E-state index in [9.17, 15) is 17.6 Å². The third-order valence-electron chi connectivity index (χ3n) is 7.57. The molecule has 3 fully saturated rings. The second-order valence-corrected chi connectivity index (χ2v) is 11.6. The fraction of sp³-hybridized carbons (Fsp3) is 0.480. The Morgan fingerprint density at radius 1 is 1.12 bits per heavy atom. The first-order chi connectivity index (χ1) is 16.2. The number of hydrogen-bond acceptors (Lipinski definition) is 3. The number of halogens is 2. The number of rotatable bonds is 6. The van der Waals surface area contributed by atoms with Crippen LogP contribution in [0.4, 0.5) is 13.6 Å². The molecular formula is C25H29F2N3O3S. The van der Waals surface area contributed by atoms with Crippen LogP contribution in [-0.2, 0) is 16.4 Å². The van der Waals surface area contributed by atoms with E-state index in [0.29, 0.717) is 30.6 Å². The Balaban J connectivity index is 1.50. The largest absolute Gasteiger partial charge is 0.320 e. The van der Waals surface area contributed by atoms with Gasteiger partial charge in [-0.15, -0.1) is 0 Å². The number of nitrogens with zero attached hydrogens (tertiary/aromatic N) is 2. The van der Waals surface area contributed by atoms with Crippen molar-refractivity contribution in [1.82, 2.24) is 14.5 Å². The molecule has 2 aliphatic heterocycles. The lowest BCUT2D eigenvalue weighted by atomic mass is 9.91. The topological polar surface area (TPSA) is 69.7 Å². The van der Waals surface area contributed by atoms with Gasteiger partial charge in [0.2, 0.25) is 10.0 Å². The molecule has 2 heterocycles. The summed E-state index contributed by atoms with van der Waals surface area (Å²) in [5.74, 6) is -0.374. The predicted molar refractivity (Wildman–Crippen MR) is 126 cm³/mol. The quantitative estimate of drug-likeness (QED) is 0.675. The molecule has 0 bridgehead atoms. The predicted octanol–water partition coefficient (Wildman–Crippen LogP) is 3.58. The Hall–Kier alpha value is -2.52. The van der Waals surface area contributed by atoms with Crippen LogP contribution in [0.3, 0.4) is 0 Å². The van der Waals surface area contributed by atoms with Crippen LogP contribution in [-0.4, -0.2) is 68.4 Å². The van der Waals surface area contributed by atoms with Crippen LogP contribution < -0.4 is 4.72 Å². The Labute approximate surface area is 199 Å². The van der Waals surface area contributed by atoms with Gasteiger partial charge in [-0.25, -0.2) is 26.7 Å². The van der Waals surface area contributed by atoms with Gasteiger partial charge in [0.15, 0.2) is 0 Å². The molecule has 2 aromatic carbocycles. The molecule has 1 unspecified atom stereocenters. The highest BCUT2D eigenvalue weighted by molar-refractivity contribution is 7.88. The summed E-state index contributed by atoms with van der Waals surface area (Å²) in [5, 5.41) is 0. The van der Waals surface area contributed by atoms with Crippen LogP contribution in [0.2, 0.25) is 0 Å². The van der Waals surface area contributed by atoms with Crippen molar-refractivity contribution in [3.63, 3.8) is 0 Å². The standard InChI is InChI=1S/C25H29F2N3O3S/c1-34(32,33)28-23-21(14-18-8-5-9-20(22(18)27)17-6-3-2-4-7-17)30(16-25(23)11-12-25)24(31)29-13-10-19(29)15-26/h2-9,19,21,23,28H,10-16H2,1H3/t19?,21-,23+/m0/s1. The minimum Gasteiger partial charge on any atom is -0.319 e. The van der Waals surface area contributed by atoms with E-state index >= 15 is 4.39 Å². The van der Waals surface area contributed by atoms with E-state index in [4.69, 9.17) is 0 Å². The summed E-state index contributed by atoms with van der Waals surface area (Å²) in [7, 11) is -3.56. The van der Waals surface area contributed by atoms with Gasteiger partial charge in [-0.2, -0.15) is 0 Å². The smallest absolute Gasteiger partial charge is 0.319 e. The zero-order valence-electron chi connectivity index (χ0n) is 19.1. The van der Waals surface area contributed by atoms with Crippen molar-refractivity contribution in [1.29, 1.82) is 0 Å². The molecule has 1 N–H and O–H groups in total. The second kappa shape index (κ2) is 8.61. The highest BCUT2D eigenvalue weighted by Crippen LogP contribution is 2.56. The molecule has 2 amide bonds. The number of sulfonamides is 1. The van der Waals surface area contributed by atoms with Crippen LogP contribution in [0.25, 0.3) is 11.1 Å². The SMILES string of the molecule is CS(=O)(=O)N[C@@H]1[C@H](Cc2cccc(-c3ccccc3)c2F)N(C(=O)N2CCC2CF)CC12CC2. The summed E-state index contributed by atoms with van der Waals surface area (Å²) in [6.45, 7) is 0.263. The third kappa shape index (κ3) is 4.20. The average molecular weight is 490 g/mol. The molecule has 9 heteroatoms. The maximum absolute atomic E-state index is 15.7. The van der Waals surface area contributed by atoms with Gasteiger partial charge in [0.05, 0.1) is 18.3 Å². The Morgan fingerprint density at radius 3 is 2.44 bits per heavy atom. The van der Waals surface area contributed by atoms with Gasteiger partial charge in [-0.05, 0) is 36.8 Å². The Bertz CT molecular complexity index is 1190. The van der Waals surface area contributed by atoms with Gasteiger partial charge in [0.1, 0.15) is 12.5 Å². The summed E-state index contributed by atoms with van der Waals surface area (Å²) >= 11 is 0. The molecule has 5 rings (SSSR count). The van der Waals surface area contributed by atoms with Gasteiger partial charge in [0.25, 0.3) is 0 Å². The van der Waals surface area contributed by atoms with Crippen molar-refractivity contribution in [3.05, 3.63) is 59.9 Å². The van der Waals surface area contributed by atoms with Crippen molar-refractivity contribution in [2.45, 2.75) is 43.8 Å². The van der Waals surface area contributed by atoms with Crippen LogP contribution in [0.15, 0.2) is 48.5 Å². The molecule has 2 saturated heterocycles. The molecular weight excluding hydrogens is 460 g/mol. The van der Waals surface area contributed by atoms with Gasteiger partial charge < -0.3 is 9.80 Å². The summed E-state index contributed by atoms with van der Waals surface area (Å²) in [5.41, 5.74) is 1.28. The fourth-order valence-corrected chi connectivity index (χ4v) is 6.33. The minimum atomic E-state index is -3.56. The van der Waals surface area contributed by atoms with Crippen LogP contribution in [0.1, 0.15) is 24.8 Å². The highest BCUT2D eigenvalue weighted by atomic mass is 32.2. The third-order valence-corrected chi connectivity index (χ3v) is 8.25. The van der Waals surface area contributed by atoms with Crippen LogP contribution in [0, 0.1) is 11.2 Å². The molecule has 3 atom stereocenters. The first-order valence-electron chi connectivity index (χ1n) is 11.7. The van der Waals surface area contributed by atoms with Gasteiger partial charge in [0, 0.05) is 30.1 Å². The van der Waals surface area contributed by atoms with E-state index in [2.05, 4.69) is 4.72 Å². The molecule has 0 radical (unpaired) electrons. The zero-order valence-corrected chi connectivity index (χ0v) is 19.9. The number of hydrogen-bond donors (Lipinski definition) is 1. The minimum absolute atomic E-state index is 0.168. The lowest BCUT2D eigenvalue weighted by molar-refractivity contribution is 0.0671. The number of benzene rings is 2.